The molecular weight excluding hydrogens is 426 g/mol. The van der Waals surface area contributed by atoms with Gasteiger partial charge in [-0.25, -0.2) is 4.79 Å². The quantitative estimate of drug-likeness (QED) is 0.340. The zero-order chi connectivity index (χ0) is 23.8. The SMILES string of the molecule is CCOC(=O)c1c(C)oc2c1c([C@@H](c1ccc(C)cc1)N1CCCCC1)c(O)c1ccccc12. The number of benzene rings is 3. The average molecular weight is 458 g/mol. The summed E-state index contributed by atoms with van der Waals surface area (Å²) in [7, 11) is 0. The first-order valence-electron chi connectivity index (χ1n) is 12.2. The Hall–Kier alpha value is -3.31. The normalized spacial score (nSPS) is 15.6. The number of piperidine rings is 1. The highest BCUT2D eigenvalue weighted by atomic mass is 16.5. The van der Waals surface area contributed by atoms with Crippen LogP contribution < -0.4 is 0 Å². The summed E-state index contributed by atoms with van der Waals surface area (Å²) in [4.78, 5) is 15.6. The van der Waals surface area contributed by atoms with Gasteiger partial charge >= 0.3 is 5.97 Å². The maximum atomic E-state index is 13.1. The summed E-state index contributed by atoms with van der Waals surface area (Å²) in [6, 6.07) is 15.9. The van der Waals surface area contributed by atoms with Crippen molar-refractivity contribution < 1.29 is 19.1 Å². The molecule has 5 heteroatoms. The number of carbonyl (C=O) groups is 1. The third kappa shape index (κ3) is 3.74. The number of furan rings is 1. The van der Waals surface area contributed by atoms with Crippen LogP contribution in [-0.4, -0.2) is 35.7 Å². The number of ether oxygens (including phenoxy) is 1. The molecule has 0 spiro atoms. The molecule has 1 aromatic heterocycles. The Bertz CT molecular complexity index is 1350. The highest BCUT2D eigenvalue weighted by Crippen LogP contribution is 2.47. The number of likely N-dealkylation sites (tertiary alicyclic amines) is 1. The van der Waals surface area contributed by atoms with E-state index >= 15 is 0 Å². The van der Waals surface area contributed by atoms with E-state index in [1.807, 2.05) is 24.3 Å². The van der Waals surface area contributed by atoms with Crippen molar-refractivity contribution in [2.24, 2.45) is 0 Å². The van der Waals surface area contributed by atoms with Crippen LogP contribution in [0.5, 0.6) is 5.75 Å². The number of phenolic OH excluding ortho intramolecular Hbond substituents is 1. The van der Waals surface area contributed by atoms with E-state index < -0.39 is 5.97 Å². The van der Waals surface area contributed by atoms with E-state index in [0.29, 0.717) is 22.3 Å². The second kappa shape index (κ2) is 9.15. The third-order valence-corrected chi connectivity index (χ3v) is 6.94. The van der Waals surface area contributed by atoms with Gasteiger partial charge in [0.25, 0.3) is 0 Å². The number of rotatable bonds is 5. The topological polar surface area (TPSA) is 62.9 Å². The molecule has 1 aliphatic rings. The van der Waals surface area contributed by atoms with E-state index in [-0.39, 0.29) is 18.4 Å². The monoisotopic (exact) mass is 457 g/mol. The first-order chi connectivity index (χ1) is 16.5. The lowest BCUT2D eigenvalue weighted by Crippen LogP contribution is -2.34. The molecule has 1 atom stereocenters. The number of carbonyl (C=O) groups excluding carboxylic acids is 1. The minimum Gasteiger partial charge on any atom is -0.507 e. The second-order valence-electron chi connectivity index (χ2n) is 9.18. The predicted molar refractivity (Wildman–Crippen MR) is 135 cm³/mol. The van der Waals surface area contributed by atoms with Crippen LogP contribution in [0.1, 0.15) is 65.0 Å². The molecule has 176 valence electrons. The number of nitrogens with zero attached hydrogens (tertiary/aromatic N) is 1. The summed E-state index contributed by atoms with van der Waals surface area (Å²) in [6.45, 7) is 7.79. The van der Waals surface area contributed by atoms with Gasteiger partial charge in [-0.05, 0) is 52.3 Å². The summed E-state index contributed by atoms with van der Waals surface area (Å²) in [6.07, 6.45) is 3.42. The van der Waals surface area contributed by atoms with Gasteiger partial charge in [0.1, 0.15) is 22.7 Å². The minimum atomic E-state index is -0.420. The highest BCUT2D eigenvalue weighted by molar-refractivity contribution is 6.16. The Balaban J connectivity index is 1.89. The van der Waals surface area contributed by atoms with E-state index in [1.165, 1.54) is 12.0 Å². The molecule has 34 heavy (non-hydrogen) atoms. The molecule has 1 aliphatic heterocycles. The fourth-order valence-corrected chi connectivity index (χ4v) is 5.34. The number of aromatic hydroxyl groups is 1. The zero-order valence-corrected chi connectivity index (χ0v) is 20.1. The Morgan fingerprint density at radius 3 is 2.38 bits per heavy atom. The second-order valence-corrected chi connectivity index (χ2v) is 9.18. The Labute approximate surface area is 199 Å². The lowest BCUT2D eigenvalue weighted by molar-refractivity contribution is 0.0526. The van der Waals surface area contributed by atoms with Crippen LogP contribution in [-0.2, 0) is 4.74 Å². The van der Waals surface area contributed by atoms with Gasteiger partial charge in [-0.2, -0.15) is 0 Å². The van der Waals surface area contributed by atoms with Crippen molar-refractivity contribution in [3.63, 3.8) is 0 Å². The maximum Gasteiger partial charge on any atom is 0.342 e. The van der Waals surface area contributed by atoms with Crippen LogP contribution in [0.2, 0.25) is 0 Å². The van der Waals surface area contributed by atoms with Crippen LogP contribution in [0.25, 0.3) is 21.7 Å². The van der Waals surface area contributed by atoms with E-state index in [2.05, 4.69) is 36.1 Å². The van der Waals surface area contributed by atoms with Gasteiger partial charge in [0.05, 0.1) is 12.6 Å². The lowest BCUT2D eigenvalue weighted by Gasteiger charge is -2.36. The lowest BCUT2D eigenvalue weighted by atomic mass is 9.88. The van der Waals surface area contributed by atoms with Gasteiger partial charge in [-0.15, -0.1) is 0 Å². The molecule has 0 amide bonds. The molecule has 0 aliphatic carbocycles. The number of hydrogen-bond acceptors (Lipinski definition) is 5. The number of aryl methyl sites for hydroxylation is 2. The van der Waals surface area contributed by atoms with Crippen molar-refractivity contribution in [2.75, 3.05) is 19.7 Å². The molecule has 0 saturated carbocycles. The van der Waals surface area contributed by atoms with Crippen LogP contribution >= 0.6 is 0 Å². The standard InChI is InChI=1S/C29H31NO4/c1-4-33-29(32)23-19(3)34-28-22-11-7-6-10-21(22)27(31)25(24(23)28)26(30-16-8-5-9-17-30)20-14-12-18(2)13-15-20/h6-7,10-15,26,31H,4-5,8-9,16-17H2,1-3H3/t26-/m1/s1. The third-order valence-electron chi connectivity index (χ3n) is 6.94. The Kier molecular flexibility index (Phi) is 6.05. The van der Waals surface area contributed by atoms with Crippen LogP contribution in [0.15, 0.2) is 52.9 Å². The molecule has 0 unspecified atom stereocenters. The first-order valence-corrected chi connectivity index (χ1v) is 12.2. The Morgan fingerprint density at radius 2 is 1.71 bits per heavy atom. The molecule has 5 nitrogen and oxygen atoms in total. The molecular formula is C29H31NO4. The van der Waals surface area contributed by atoms with Gasteiger partial charge in [-0.1, -0.05) is 60.5 Å². The summed E-state index contributed by atoms with van der Waals surface area (Å²) >= 11 is 0. The summed E-state index contributed by atoms with van der Waals surface area (Å²) in [5.74, 6) is 0.285. The van der Waals surface area contributed by atoms with Gasteiger partial charge in [0, 0.05) is 21.7 Å². The number of fused-ring (bicyclic) bond motifs is 3. The molecule has 1 N–H and O–H groups in total. The molecule has 1 saturated heterocycles. The summed E-state index contributed by atoms with van der Waals surface area (Å²) in [5, 5.41) is 14.0. The first kappa shape index (κ1) is 22.5. The van der Waals surface area contributed by atoms with Gasteiger partial charge < -0.3 is 14.3 Å². The van der Waals surface area contributed by atoms with Crippen LogP contribution in [0, 0.1) is 13.8 Å². The van der Waals surface area contributed by atoms with Crippen LogP contribution in [0.3, 0.4) is 0 Å². The number of phenols is 1. The molecule has 0 radical (unpaired) electrons. The van der Waals surface area contributed by atoms with Crippen molar-refractivity contribution >= 4 is 27.7 Å². The minimum absolute atomic E-state index is 0.200. The maximum absolute atomic E-state index is 13.1. The van der Waals surface area contributed by atoms with E-state index in [4.69, 9.17) is 9.15 Å². The van der Waals surface area contributed by atoms with Crippen molar-refractivity contribution in [1.29, 1.82) is 0 Å². The van der Waals surface area contributed by atoms with E-state index in [1.54, 1.807) is 13.8 Å². The van der Waals surface area contributed by atoms with Crippen molar-refractivity contribution in [1.82, 2.24) is 4.90 Å². The van der Waals surface area contributed by atoms with Gasteiger partial charge in [0.2, 0.25) is 0 Å². The average Bonchev–Trinajstić information content (AvgIpc) is 3.20. The molecule has 2 heterocycles. The van der Waals surface area contributed by atoms with Crippen molar-refractivity contribution in [2.45, 2.75) is 46.1 Å². The molecule has 3 aromatic carbocycles. The molecule has 5 rings (SSSR count). The fraction of sp³-hybridized carbons (Fsp3) is 0.345. The smallest absolute Gasteiger partial charge is 0.342 e. The summed E-state index contributed by atoms with van der Waals surface area (Å²) in [5.41, 5.74) is 4.02. The molecule has 0 bridgehead atoms. The van der Waals surface area contributed by atoms with E-state index in [0.717, 1.165) is 47.8 Å². The van der Waals surface area contributed by atoms with Crippen molar-refractivity contribution in [3.8, 4) is 5.75 Å². The number of esters is 1. The Morgan fingerprint density at radius 1 is 1.03 bits per heavy atom. The molecule has 4 aromatic rings. The largest absolute Gasteiger partial charge is 0.507 e. The van der Waals surface area contributed by atoms with Gasteiger partial charge in [-0.3, -0.25) is 4.90 Å². The predicted octanol–water partition coefficient (Wildman–Crippen LogP) is 6.66. The highest BCUT2D eigenvalue weighted by Gasteiger charge is 2.34. The summed E-state index contributed by atoms with van der Waals surface area (Å²) < 4.78 is 11.7. The zero-order valence-electron chi connectivity index (χ0n) is 20.1. The number of hydrogen-bond donors (Lipinski definition) is 1. The van der Waals surface area contributed by atoms with E-state index in [9.17, 15) is 9.90 Å². The molecule has 1 fully saturated rings. The van der Waals surface area contributed by atoms with Crippen molar-refractivity contribution in [3.05, 3.63) is 76.5 Å². The fourth-order valence-electron chi connectivity index (χ4n) is 5.34. The van der Waals surface area contributed by atoms with Gasteiger partial charge in [0.15, 0.2) is 0 Å². The van der Waals surface area contributed by atoms with Crippen LogP contribution in [0.4, 0.5) is 0 Å².